The first-order chi connectivity index (χ1) is 16.3. The van der Waals surface area contributed by atoms with Gasteiger partial charge in [-0.25, -0.2) is 0 Å². The van der Waals surface area contributed by atoms with Gasteiger partial charge in [0.05, 0.1) is 29.9 Å². The first-order valence-corrected chi connectivity index (χ1v) is 11.3. The van der Waals surface area contributed by atoms with Crippen molar-refractivity contribution in [3.05, 3.63) is 72.1 Å². The molecule has 6 nitrogen and oxygen atoms in total. The molecule has 1 amide bonds. The van der Waals surface area contributed by atoms with Crippen molar-refractivity contribution >= 4 is 22.5 Å². The molecule has 0 bridgehead atoms. The smallest absolute Gasteiger partial charge is 0.392 e. The molecule has 0 aliphatic carbocycles. The summed E-state index contributed by atoms with van der Waals surface area (Å²) < 4.78 is 40.4. The minimum Gasteiger partial charge on any atom is -0.392 e. The highest BCUT2D eigenvalue weighted by Crippen LogP contribution is 2.33. The van der Waals surface area contributed by atoms with E-state index in [4.69, 9.17) is 0 Å². The molecule has 5 rings (SSSR count). The molecule has 1 aromatic heterocycles. The quantitative estimate of drug-likeness (QED) is 0.609. The van der Waals surface area contributed by atoms with Crippen molar-refractivity contribution in [2.45, 2.75) is 37.6 Å². The zero-order valence-electron chi connectivity index (χ0n) is 18.4. The van der Waals surface area contributed by atoms with Crippen molar-refractivity contribution in [1.82, 2.24) is 14.7 Å². The minimum atomic E-state index is -4.38. The number of amides is 1. The molecule has 2 aliphatic rings. The molecule has 178 valence electrons. The maximum atomic E-state index is 12.9. The van der Waals surface area contributed by atoms with E-state index in [0.717, 1.165) is 48.2 Å². The summed E-state index contributed by atoms with van der Waals surface area (Å²) in [5.41, 5.74) is 1.68. The summed E-state index contributed by atoms with van der Waals surface area (Å²) in [7, 11) is 0. The van der Waals surface area contributed by atoms with Crippen molar-refractivity contribution in [3.63, 3.8) is 0 Å². The maximum absolute atomic E-state index is 12.9. The Bertz CT molecular complexity index is 1220. The van der Waals surface area contributed by atoms with E-state index in [-0.39, 0.29) is 24.3 Å². The van der Waals surface area contributed by atoms with E-state index in [0.29, 0.717) is 18.7 Å². The SMILES string of the molecule is O=C1CC(c2ccc(C(F)(F)F)cc2)C=CN1c1ccc2c(cnn2CCN2CC[C@H](O)C2)c1. The highest BCUT2D eigenvalue weighted by Gasteiger charge is 2.31. The molecular formula is C25H25F3N4O2. The van der Waals surface area contributed by atoms with Crippen LogP contribution in [0.1, 0.15) is 29.9 Å². The van der Waals surface area contributed by atoms with Gasteiger partial charge in [0.1, 0.15) is 0 Å². The number of aliphatic hydroxyl groups is 1. The van der Waals surface area contributed by atoms with Gasteiger partial charge in [0.2, 0.25) is 5.91 Å². The lowest BCUT2D eigenvalue weighted by Gasteiger charge is -2.26. The van der Waals surface area contributed by atoms with Gasteiger partial charge in [-0.2, -0.15) is 18.3 Å². The van der Waals surface area contributed by atoms with Crippen molar-refractivity contribution in [1.29, 1.82) is 0 Å². The van der Waals surface area contributed by atoms with Crippen LogP contribution in [0.4, 0.5) is 18.9 Å². The lowest BCUT2D eigenvalue weighted by Crippen LogP contribution is -2.30. The van der Waals surface area contributed by atoms with Crippen LogP contribution in [0.25, 0.3) is 10.9 Å². The number of halogens is 3. The number of alkyl halides is 3. The van der Waals surface area contributed by atoms with Crippen LogP contribution < -0.4 is 4.90 Å². The van der Waals surface area contributed by atoms with Crippen LogP contribution in [0, 0.1) is 0 Å². The fourth-order valence-corrected chi connectivity index (χ4v) is 4.66. The van der Waals surface area contributed by atoms with Gasteiger partial charge in [-0.3, -0.25) is 19.3 Å². The largest absolute Gasteiger partial charge is 0.416 e. The number of aliphatic hydroxyl groups excluding tert-OH is 1. The number of nitrogens with zero attached hydrogens (tertiary/aromatic N) is 4. The van der Waals surface area contributed by atoms with Crippen LogP contribution in [-0.2, 0) is 17.5 Å². The highest BCUT2D eigenvalue weighted by atomic mass is 19.4. The highest BCUT2D eigenvalue weighted by molar-refractivity contribution is 5.98. The third-order valence-electron chi connectivity index (χ3n) is 6.58. The number of allylic oxidation sites excluding steroid dienone is 1. The Kier molecular flexibility index (Phi) is 5.91. The Balaban J connectivity index is 1.28. The number of hydrogen-bond donors (Lipinski definition) is 1. The molecule has 1 N–H and O–H groups in total. The lowest BCUT2D eigenvalue weighted by molar-refractivity contribution is -0.137. The Morgan fingerprint density at radius 3 is 2.56 bits per heavy atom. The fourth-order valence-electron chi connectivity index (χ4n) is 4.66. The average molecular weight is 470 g/mol. The molecular weight excluding hydrogens is 445 g/mol. The van der Waals surface area contributed by atoms with Crippen LogP contribution in [0.2, 0.25) is 0 Å². The van der Waals surface area contributed by atoms with Gasteiger partial charge in [0, 0.05) is 49.2 Å². The predicted octanol–water partition coefficient (Wildman–Crippen LogP) is 4.16. The van der Waals surface area contributed by atoms with Gasteiger partial charge in [-0.05, 0) is 42.3 Å². The molecule has 2 aromatic carbocycles. The molecule has 0 spiro atoms. The molecule has 1 saturated heterocycles. The normalized spacial score (nSPS) is 21.6. The van der Waals surface area contributed by atoms with E-state index < -0.39 is 11.7 Å². The third-order valence-corrected chi connectivity index (χ3v) is 6.58. The molecule has 2 aliphatic heterocycles. The molecule has 1 fully saturated rings. The number of likely N-dealkylation sites (tertiary alicyclic amines) is 1. The van der Waals surface area contributed by atoms with Crippen molar-refractivity contribution in [2.24, 2.45) is 0 Å². The van der Waals surface area contributed by atoms with Crippen LogP contribution in [0.5, 0.6) is 0 Å². The Morgan fingerprint density at radius 2 is 1.88 bits per heavy atom. The summed E-state index contributed by atoms with van der Waals surface area (Å²) in [5, 5.41) is 15.1. The Morgan fingerprint density at radius 1 is 1.09 bits per heavy atom. The summed E-state index contributed by atoms with van der Waals surface area (Å²) in [6.07, 6.45) is 1.69. The molecule has 3 heterocycles. The average Bonchev–Trinajstić information content (AvgIpc) is 3.42. The third kappa shape index (κ3) is 4.58. The lowest BCUT2D eigenvalue weighted by atomic mass is 9.92. The first kappa shape index (κ1) is 22.6. The van der Waals surface area contributed by atoms with Crippen molar-refractivity contribution in [2.75, 3.05) is 24.5 Å². The number of fused-ring (bicyclic) bond motifs is 1. The number of rotatable bonds is 5. The Labute approximate surface area is 194 Å². The number of anilines is 1. The summed E-state index contributed by atoms with van der Waals surface area (Å²) >= 11 is 0. The van der Waals surface area contributed by atoms with Crippen LogP contribution in [0.15, 0.2) is 60.9 Å². The van der Waals surface area contributed by atoms with E-state index in [1.54, 1.807) is 17.3 Å². The molecule has 3 aromatic rings. The summed E-state index contributed by atoms with van der Waals surface area (Å²) in [6, 6.07) is 10.7. The second kappa shape index (κ2) is 8.88. The van der Waals surface area contributed by atoms with Gasteiger partial charge in [-0.15, -0.1) is 0 Å². The molecule has 9 heteroatoms. The second-order valence-corrected chi connectivity index (χ2v) is 8.89. The van der Waals surface area contributed by atoms with E-state index in [2.05, 4.69) is 10.00 Å². The van der Waals surface area contributed by atoms with E-state index >= 15 is 0 Å². The maximum Gasteiger partial charge on any atom is 0.416 e. The van der Waals surface area contributed by atoms with E-state index in [9.17, 15) is 23.1 Å². The number of β-amino-alcohol motifs (C(OH)–C–C–N with tert-alkyl or cyclic N) is 1. The number of benzene rings is 2. The monoisotopic (exact) mass is 470 g/mol. The van der Waals surface area contributed by atoms with E-state index in [1.165, 1.54) is 12.1 Å². The van der Waals surface area contributed by atoms with Crippen LogP contribution >= 0.6 is 0 Å². The van der Waals surface area contributed by atoms with Gasteiger partial charge in [0.25, 0.3) is 0 Å². The number of hydrogen-bond acceptors (Lipinski definition) is 4. The topological polar surface area (TPSA) is 61.6 Å². The molecule has 1 unspecified atom stereocenters. The fraction of sp³-hybridized carbons (Fsp3) is 0.360. The number of carbonyl (C=O) groups excluding carboxylic acids is 1. The molecule has 0 saturated carbocycles. The van der Waals surface area contributed by atoms with Gasteiger partial charge < -0.3 is 5.11 Å². The second-order valence-electron chi connectivity index (χ2n) is 8.89. The number of carbonyl (C=O) groups is 1. The first-order valence-electron chi connectivity index (χ1n) is 11.3. The summed E-state index contributed by atoms with van der Waals surface area (Å²) in [4.78, 5) is 16.7. The zero-order chi connectivity index (χ0) is 23.9. The van der Waals surface area contributed by atoms with Crippen molar-refractivity contribution in [3.8, 4) is 0 Å². The van der Waals surface area contributed by atoms with Gasteiger partial charge in [0.15, 0.2) is 0 Å². The zero-order valence-corrected chi connectivity index (χ0v) is 18.4. The van der Waals surface area contributed by atoms with Gasteiger partial charge in [-0.1, -0.05) is 18.2 Å². The molecule has 0 radical (unpaired) electrons. The van der Waals surface area contributed by atoms with Crippen molar-refractivity contribution < 1.29 is 23.1 Å². The number of aromatic nitrogens is 2. The molecule has 2 atom stereocenters. The van der Waals surface area contributed by atoms with E-state index in [1.807, 2.05) is 29.0 Å². The minimum absolute atomic E-state index is 0.119. The standard InChI is InChI=1S/C25H25F3N4O2/c26-25(27,28)20-3-1-17(2-4-20)18-7-10-31(24(34)14-18)21-5-6-23-19(13-21)15-29-32(23)12-11-30-9-8-22(33)16-30/h1-7,10,13,15,18,22,33H,8-9,11-12,14,16H2/t18?,22-/m0/s1. The predicted molar refractivity (Wildman–Crippen MR) is 122 cm³/mol. The summed E-state index contributed by atoms with van der Waals surface area (Å²) in [5.74, 6) is -0.381. The van der Waals surface area contributed by atoms with Crippen LogP contribution in [-0.4, -0.2) is 51.4 Å². The Hall–Kier alpha value is -3.17. The van der Waals surface area contributed by atoms with Crippen LogP contribution in [0.3, 0.4) is 0 Å². The summed E-state index contributed by atoms with van der Waals surface area (Å²) in [6.45, 7) is 3.11. The molecule has 34 heavy (non-hydrogen) atoms. The van der Waals surface area contributed by atoms with Gasteiger partial charge >= 0.3 is 6.18 Å².